The zero-order valence-electron chi connectivity index (χ0n) is 20.6. The number of nitrogens with zero attached hydrogens (tertiary/aromatic N) is 2. The van der Waals surface area contributed by atoms with Gasteiger partial charge < -0.3 is 9.64 Å². The lowest BCUT2D eigenvalue weighted by Gasteiger charge is -2.24. The van der Waals surface area contributed by atoms with Crippen LogP contribution in [0.15, 0.2) is 125 Å². The third kappa shape index (κ3) is 5.15. The van der Waals surface area contributed by atoms with Gasteiger partial charge in [-0.15, -0.1) is 0 Å². The van der Waals surface area contributed by atoms with Crippen molar-refractivity contribution in [3.05, 3.63) is 125 Å². The van der Waals surface area contributed by atoms with Crippen LogP contribution in [0.25, 0.3) is 0 Å². The predicted octanol–water partition coefficient (Wildman–Crippen LogP) is 7.19. The third-order valence-corrected chi connectivity index (χ3v) is 7.07. The zero-order chi connectivity index (χ0) is 25.8. The van der Waals surface area contributed by atoms with Gasteiger partial charge in [0, 0.05) is 17.1 Å². The smallest absolute Gasteiger partial charge is 0.283 e. The van der Waals surface area contributed by atoms with Crippen LogP contribution in [0.4, 0.5) is 11.4 Å². The molecule has 4 aromatic rings. The van der Waals surface area contributed by atoms with Gasteiger partial charge in [-0.25, -0.2) is 4.90 Å². The molecule has 5 rings (SSSR count). The Morgan fingerprint density at radius 2 is 1.32 bits per heavy atom. The largest absolute Gasteiger partial charge is 0.457 e. The van der Waals surface area contributed by atoms with Gasteiger partial charge in [0.15, 0.2) is 0 Å². The number of likely N-dealkylation sites (N-methyl/N-ethyl adjacent to an activating group) is 1. The maximum Gasteiger partial charge on any atom is 0.283 e. The fraction of sp³-hybridized carbons (Fsp3) is 0.0968. The summed E-state index contributed by atoms with van der Waals surface area (Å²) in [5, 5.41) is 0. The Morgan fingerprint density at radius 3 is 1.95 bits per heavy atom. The first-order valence-corrected chi connectivity index (χ1v) is 12.9. The Bertz CT molecular complexity index is 1430. The van der Waals surface area contributed by atoms with E-state index < -0.39 is 0 Å². The number of anilines is 2. The van der Waals surface area contributed by atoms with Crippen LogP contribution in [0.1, 0.15) is 12.5 Å². The predicted molar refractivity (Wildman–Crippen MR) is 149 cm³/mol. The first-order valence-electron chi connectivity index (χ1n) is 12.1. The maximum atomic E-state index is 13.9. The van der Waals surface area contributed by atoms with E-state index in [0.29, 0.717) is 34.3 Å². The molecule has 1 aliphatic heterocycles. The summed E-state index contributed by atoms with van der Waals surface area (Å²) in [5.41, 5.74) is 2.87. The van der Waals surface area contributed by atoms with Crippen molar-refractivity contribution in [1.82, 2.24) is 0 Å². The maximum absolute atomic E-state index is 13.9. The monoisotopic (exact) mass is 506 g/mol. The van der Waals surface area contributed by atoms with E-state index in [0.717, 1.165) is 16.1 Å². The summed E-state index contributed by atoms with van der Waals surface area (Å²) in [6.45, 7) is 4.53. The van der Waals surface area contributed by atoms with E-state index in [4.69, 9.17) is 4.74 Å². The number of benzene rings is 4. The molecular formula is C31H26N2O3S. The number of rotatable bonds is 8. The molecule has 2 amide bonds. The number of carbonyl (C=O) groups excluding carboxylic acids is 2. The highest BCUT2D eigenvalue weighted by atomic mass is 32.2. The van der Waals surface area contributed by atoms with Crippen molar-refractivity contribution in [3.63, 3.8) is 0 Å². The lowest BCUT2D eigenvalue weighted by Crippen LogP contribution is -2.35. The molecule has 0 saturated carbocycles. The summed E-state index contributed by atoms with van der Waals surface area (Å²) in [6.07, 6.45) is 0. The molecule has 0 aliphatic carbocycles. The standard InChI is InChI=1S/C31H26N2O3S/c1-3-32(23-10-6-4-7-11-23)28-29(37-27-20-14-22(2)15-21-27)31(35)33(30(28)34)24-16-18-26(19-17-24)36-25-12-8-5-9-13-25/h4-21H,3H2,1-2H3. The van der Waals surface area contributed by atoms with Crippen LogP contribution in [-0.2, 0) is 9.59 Å². The van der Waals surface area contributed by atoms with Crippen LogP contribution in [0, 0.1) is 6.92 Å². The van der Waals surface area contributed by atoms with E-state index in [2.05, 4.69) is 0 Å². The van der Waals surface area contributed by atoms with Crippen molar-refractivity contribution in [3.8, 4) is 11.5 Å². The molecule has 0 fully saturated rings. The molecule has 4 aromatic carbocycles. The molecule has 0 saturated heterocycles. The number of hydrogen-bond acceptors (Lipinski definition) is 5. The number of aryl methyl sites for hydroxylation is 1. The lowest BCUT2D eigenvalue weighted by atomic mass is 10.2. The molecule has 0 unspecified atom stereocenters. The molecule has 5 nitrogen and oxygen atoms in total. The minimum absolute atomic E-state index is 0.336. The van der Waals surface area contributed by atoms with Crippen LogP contribution in [0.5, 0.6) is 11.5 Å². The molecule has 1 aliphatic rings. The Hall–Kier alpha value is -4.29. The summed E-state index contributed by atoms with van der Waals surface area (Å²) in [4.78, 5) is 32.1. The van der Waals surface area contributed by atoms with Crippen molar-refractivity contribution in [2.24, 2.45) is 0 Å². The van der Waals surface area contributed by atoms with E-state index in [-0.39, 0.29) is 11.8 Å². The lowest BCUT2D eigenvalue weighted by molar-refractivity contribution is -0.120. The number of para-hydroxylation sites is 2. The summed E-state index contributed by atoms with van der Waals surface area (Å²) in [5.74, 6) is 0.653. The summed E-state index contributed by atoms with van der Waals surface area (Å²) in [6, 6.07) is 34.1. The number of carbonyl (C=O) groups is 2. The molecule has 0 atom stereocenters. The first-order chi connectivity index (χ1) is 18.0. The highest BCUT2D eigenvalue weighted by molar-refractivity contribution is 8.04. The molecule has 184 valence electrons. The second-order valence-corrected chi connectivity index (χ2v) is 9.61. The van der Waals surface area contributed by atoms with E-state index >= 15 is 0 Å². The van der Waals surface area contributed by atoms with Gasteiger partial charge in [0.1, 0.15) is 22.1 Å². The van der Waals surface area contributed by atoms with E-state index in [1.807, 2.05) is 104 Å². The van der Waals surface area contributed by atoms with Crippen molar-refractivity contribution >= 4 is 35.0 Å². The van der Waals surface area contributed by atoms with Crippen LogP contribution in [-0.4, -0.2) is 18.4 Å². The van der Waals surface area contributed by atoms with Crippen LogP contribution in [0.2, 0.25) is 0 Å². The minimum Gasteiger partial charge on any atom is -0.457 e. The van der Waals surface area contributed by atoms with Gasteiger partial charge in [0.25, 0.3) is 11.8 Å². The number of thioether (sulfide) groups is 1. The van der Waals surface area contributed by atoms with Crippen molar-refractivity contribution in [1.29, 1.82) is 0 Å². The van der Waals surface area contributed by atoms with Gasteiger partial charge in [-0.3, -0.25) is 9.59 Å². The second-order valence-electron chi connectivity index (χ2n) is 8.53. The Kier molecular flexibility index (Phi) is 7.10. The van der Waals surface area contributed by atoms with Gasteiger partial charge in [-0.1, -0.05) is 65.9 Å². The second kappa shape index (κ2) is 10.8. The fourth-order valence-electron chi connectivity index (χ4n) is 4.15. The average molecular weight is 507 g/mol. The van der Waals surface area contributed by atoms with Crippen LogP contribution < -0.4 is 14.5 Å². The number of ether oxygens (including phenoxy) is 1. The van der Waals surface area contributed by atoms with E-state index in [9.17, 15) is 9.59 Å². The molecule has 0 radical (unpaired) electrons. The SMILES string of the molecule is CCN(C1=C(Sc2ccc(C)cc2)C(=O)N(c2ccc(Oc3ccccc3)cc2)C1=O)c1ccccc1. The van der Waals surface area contributed by atoms with Crippen molar-refractivity contribution < 1.29 is 14.3 Å². The molecule has 37 heavy (non-hydrogen) atoms. The number of hydrogen-bond donors (Lipinski definition) is 0. The summed E-state index contributed by atoms with van der Waals surface area (Å²) < 4.78 is 5.88. The first kappa shape index (κ1) is 24.4. The third-order valence-electron chi connectivity index (χ3n) is 5.99. The highest BCUT2D eigenvalue weighted by Crippen LogP contribution is 2.40. The number of imide groups is 1. The topological polar surface area (TPSA) is 49.9 Å². The quantitative estimate of drug-likeness (QED) is 0.237. The van der Waals surface area contributed by atoms with E-state index in [1.165, 1.54) is 16.7 Å². The van der Waals surface area contributed by atoms with E-state index in [1.54, 1.807) is 24.3 Å². The molecule has 0 spiro atoms. The van der Waals surface area contributed by atoms with Gasteiger partial charge >= 0.3 is 0 Å². The van der Waals surface area contributed by atoms with Crippen molar-refractivity contribution in [2.75, 3.05) is 16.3 Å². The van der Waals surface area contributed by atoms with Crippen LogP contribution in [0.3, 0.4) is 0 Å². The van der Waals surface area contributed by atoms with Crippen LogP contribution >= 0.6 is 11.8 Å². The summed E-state index contributed by atoms with van der Waals surface area (Å²) in [7, 11) is 0. The molecule has 0 aromatic heterocycles. The molecule has 1 heterocycles. The molecule has 0 N–H and O–H groups in total. The molecular weight excluding hydrogens is 480 g/mol. The van der Waals surface area contributed by atoms with Crippen molar-refractivity contribution in [2.45, 2.75) is 18.7 Å². The fourth-order valence-corrected chi connectivity index (χ4v) is 5.13. The highest BCUT2D eigenvalue weighted by Gasteiger charge is 2.42. The Balaban J connectivity index is 1.50. The van der Waals surface area contributed by atoms with Gasteiger partial charge in [0.2, 0.25) is 0 Å². The van der Waals surface area contributed by atoms with Gasteiger partial charge in [-0.05, 0) is 74.5 Å². The number of amides is 2. The zero-order valence-corrected chi connectivity index (χ0v) is 21.4. The normalized spacial score (nSPS) is 13.3. The Morgan fingerprint density at radius 1 is 0.730 bits per heavy atom. The summed E-state index contributed by atoms with van der Waals surface area (Å²) >= 11 is 1.32. The average Bonchev–Trinajstić information content (AvgIpc) is 3.16. The van der Waals surface area contributed by atoms with Gasteiger partial charge in [0.05, 0.1) is 5.69 Å². The molecule has 6 heteroatoms. The van der Waals surface area contributed by atoms with Gasteiger partial charge in [-0.2, -0.15) is 0 Å². The molecule has 0 bridgehead atoms. The Labute approximate surface area is 221 Å². The minimum atomic E-state index is -0.345.